The molecule has 2 N–H and O–H groups in total. The van der Waals surface area contributed by atoms with Gasteiger partial charge in [-0.15, -0.1) is 0 Å². The van der Waals surface area contributed by atoms with E-state index in [2.05, 4.69) is 19.9 Å². The average Bonchev–Trinajstić information content (AvgIpc) is 2.89. The SMILES string of the molecule is O=C(O)C(F)(F)F.O=C(O)C(F)(F)F.c1ccc(COCC23CCCOC2CCN(c2ncccn2)C3)nc1. The molecule has 0 aromatic carbocycles. The van der Waals surface area contributed by atoms with Crippen molar-refractivity contribution in [1.29, 1.82) is 0 Å². The van der Waals surface area contributed by atoms with Crippen LogP contribution in [0.5, 0.6) is 0 Å². The molecule has 2 aromatic heterocycles. The van der Waals surface area contributed by atoms with E-state index in [0.717, 1.165) is 50.6 Å². The van der Waals surface area contributed by atoms with E-state index in [0.29, 0.717) is 13.2 Å². The van der Waals surface area contributed by atoms with Crippen molar-refractivity contribution in [2.75, 3.05) is 31.2 Å². The lowest BCUT2D eigenvalue weighted by molar-refractivity contribution is -0.193. The standard InChI is InChI=1S/C19H24N4O2.2C2HF3O2/c1-2-8-20-16(5-1)13-24-15-19-7-3-12-25-17(19)6-11-23(14-19)18-21-9-4-10-22-18;2*3-2(4,5)1(6)7/h1-2,4-5,8-10,17H,3,6-7,11-15H2;2*(H,6,7). The fourth-order valence-corrected chi connectivity index (χ4v) is 3.97. The molecule has 2 aromatic rings. The maximum absolute atomic E-state index is 10.6. The first kappa shape index (κ1) is 31.7. The number of ether oxygens (including phenoxy) is 2. The molecular weight excluding hydrogens is 542 g/mol. The summed E-state index contributed by atoms with van der Waals surface area (Å²) >= 11 is 0. The Morgan fingerprint density at radius 3 is 2.13 bits per heavy atom. The number of hydrogen-bond acceptors (Lipinski definition) is 8. The quantitative estimate of drug-likeness (QED) is 0.514. The van der Waals surface area contributed by atoms with Crippen LogP contribution < -0.4 is 4.90 Å². The minimum atomic E-state index is -5.08. The highest BCUT2D eigenvalue weighted by Gasteiger charge is 2.46. The molecule has 2 atom stereocenters. The van der Waals surface area contributed by atoms with Crippen molar-refractivity contribution in [3.8, 4) is 0 Å². The molecule has 10 nitrogen and oxygen atoms in total. The number of carboxylic acids is 2. The number of carboxylic acid groups (broad SMARTS) is 2. The van der Waals surface area contributed by atoms with Crippen molar-refractivity contribution in [1.82, 2.24) is 15.0 Å². The van der Waals surface area contributed by atoms with Gasteiger partial charge in [0.15, 0.2) is 0 Å². The second kappa shape index (κ2) is 14.0. The zero-order valence-electron chi connectivity index (χ0n) is 20.4. The van der Waals surface area contributed by atoms with Crippen LogP contribution >= 0.6 is 0 Å². The van der Waals surface area contributed by atoms with E-state index >= 15 is 0 Å². The van der Waals surface area contributed by atoms with Gasteiger partial charge in [0.25, 0.3) is 0 Å². The van der Waals surface area contributed by atoms with Crippen LogP contribution in [-0.2, 0) is 25.7 Å². The summed E-state index contributed by atoms with van der Waals surface area (Å²) in [7, 11) is 0. The van der Waals surface area contributed by atoms with E-state index in [1.54, 1.807) is 18.6 Å². The maximum Gasteiger partial charge on any atom is 0.490 e. The Hall–Kier alpha value is -3.53. The number of pyridine rings is 1. The number of rotatable bonds is 5. The Kier molecular flexibility index (Phi) is 11.4. The summed E-state index contributed by atoms with van der Waals surface area (Å²) in [6.45, 7) is 3.88. The summed E-state index contributed by atoms with van der Waals surface area (Å²) in [4.78, 5) is 33.2. The number of piperidine rings is 1. The fourth-order valence-electron chi connectivity index (χ4n) is 3.97. The van der Waals surface area contributed by atoms with Crippen molar-refractivity contribution < 1.29 is 55.6 Å². The van der Waals surface area contributed by atoms with Gasteiger partial charge in [0.05, 0.1) is 25.0 Å². The number of aromatic nitrogens is 3. The van der Waals surface area contributed by atoms with Gasteiger partial charge < -0.3 is 24.6 Å². The second-order valence-electron chi connectivity index (χ2n) is 8.50. The van der Waals surface area contributed by atoms with Crippen LogP contribution in [-0.4, -0.2) is 81.9 Å². The highest BCUT2D eigenvalue weighted by molar-refractivity contribution is 5.73. The normalized spacial score (nSPS) is 20.9. The van der Waals surface area contributed by atoms with E-state index in [1.807, 2.05) is 24.3 Å². The summed E-state index contributed by atoms with van der Waals surface area (Å²) in [6, 6.07) is 7.76. The highest BCUT2D eigenvalue weighted by Crippen LogP contribution is 2.41. The van der Waals surface area contributed by atoms with Crippen LogP contribution in [0.25, 0.3) is 0 Å². The first-order valence-corrected chi connectivity index (χ1v) is 11.5. The summed E-state index contributed by atoms with van der Waals surface area (Å²) in [5, 5.41) is 14.2. The molecule has 2 aliphatic rings. The Balaban J connectivity index is 0.000000317. The Morgan fingerprint density at radius 2 is 1.59 bits per heavy atom. The van der Waals surface area contributed by atoms with Crippen molar-refractivity contribution >= 4 is 17.9 Å². The number of alkyl halides is 6. The topological polar surface area (TPSA) is 135 Å². The predicted octanol–water partition coefficient (Wildman–Crippen LogP) is 3.73. The lowest BCUT2D eigenvalue weighted by atomic mass is 9.73. The van der Waals surface area contributed by atoms with Crippen LogP contribution in [0.1, 0.15) is 25.0 Å². The van der Waals surface area contributed by atoms with Crippen LogP contribution in [0.4, 0.5) is 32.3 Å². The molecule has 4 rings (SSSR count). The van der Waals surface area contributed by atoms with E-state index in [9.17, 15) is 26.3 Å². The van der Waals surface area contributed by atoms with Crippen LogP contribution in [0, 0.1) is 5.41 Å². The Labute approximate surface area is 218 Å². The third-order valence-electron chi connectivity index (χ3n) is 5.67. The summed E-state index contributed by atoms with van der Waals surface area (Å²) in [5.74, 6) is -4.71. The van der Waals surface area contributed by atoms with Gasteiger partial charge in [-0.05, 0) is 37.5 Å². The molecule has 2 fully saturated rings. The van der Waals surface area contributed by atoms with Gasteiger partial charge in [-0.2, -0.15) is 26.3 Å². The number of fused-ring (bicyclic) bond motifs is 1. The number of anilines is 1. The minimum Gasteiger partial charge on any atom is -0.475 e. The number of aliphatic carboxylic acids is 2. The molecule has 0 bridgehead atoms. The predicted molar refractivity (Wildman–Crippen MR) is 122 cm³/mol. The molecule has 2 aliphatic heterocycles. The largest absolute Gasteiger partial charge is 0.490 e. The summed E-state index contributed by atoms with van der Waals surface area (Å²) < 4.78 is 75.7. The molecule has 0 saturated carbocycles. The maximum atomic E-state index is 10.6. The van der Waals surface area contributed by atoms with Gasteiger partial charge in [-0.25, -0.2) is 19.6 Å². The van der Waals surface area contributed by atoms with Gasteiger partial charge in [-0.3, -0.25) is 4.98 Å². The Morgan fingerprint density at radius 1 is 1.00 bits per heavy atom. The van der Waals surface area contributed by atoms with Crippen LogP contribution in [0.3, 0.4) is 0 Å². The molecule has 0 spiro atoms. The van der Waals surface area contributed by atoms with Gasteiger partial charge >= 0.3 is 24.3 Å². The monoisotopic (exact) mass is 568 g/mol. The molecule has 16 heteroatoms. The lowest BCUT2D eigenvalue weighted by Crippen LogP contribution is -2.57. The number of halogens is 6. The smallest absolute Gasteiger partial charge is 0.475 e. The van der Waals surface area contributed by atoms with Crippen LogP contribution in [0.15, 0.2) is 42.9 Å². The first-order valence-electron chi connectivity index (χ1n) is 11.5. The molecule has 4 heterocycles. The van der Waals surface area contributed by atoms with Gasteiger partial charge in [0.2, 0.25) is 5.95 Å². The van der Waals surface area contributed by atoms with Gasteiger partial charge in [-0.1, -0.05) is 6.07 Å². The van der Waals surface area contributed by atoms with Gasteiger partial charge in [0, 0.05) is 43.7 Å². The number of hydrogen-bond donors (Lipinski definition) is 2. The van der Waals surface area contributed by atoms with Crippen LogP contribution in [0.2, 0.25) is 0 Å². The van der Waals surface area contributed by atoms with E-state index < -0.39 is 24.3 Å². The summed E-state index contributed by atoms with van der Waals surface area (Å²) in [5.41, 5.74) is 0.969. The Bertz CT molecular complexity index is 1020. The minimum absolute atomic E-state index is 0.00445. The molecule has 0 aliphatic carbocycles. The van der Waals surface area contributed by atoms with Gasteiger partial charge in [0.1, 0.15) is 0 Å². The third-order valence-corrected chi connectivity index (χ3v) is 5.67. The van der Waals surface area contributed by atoms with Crippen molar-refractivity contribution in [2.24, 2.45) is 5.41 Å². The van der Waals surface area contributed by atoms with E-state index in [1.165, 1.54) is 0 Å². The third kappa shape index (κ3) is 10.3. The van der Waals surface area contributed by atoms with Crippen molar-refractivity contribution in [3.63, 3.8) is 0 Å². The van der Waals surface area contributed by atoms with E-state index in [-0.39, 0.29) is 11.5 Å². The second-order valence-corrected chi connectivity index (χ2v) is 8.50. The number of nitrogens with zero attached hydrogens (tertiary/aromatic N) is 4. The highest BCUT2D eigenvalue weighted by atomic mass is 19.4. The molecule has 2 unspecified atom stereocenters. The molecule has 2 saturated heterocycles. The van der Waals surface area contributed by atoms with Crippen molar-refractivity contribution in [3.05, 3.63) is 48.5 Å². The zero-order valence-corrected chi connectivity index (χ0v) is 20.4. The van der Waals surface area contributed by atoms with E-state index in [4.69, 9.17) is 29.3 Å². The molecular formula is C23H26F6N4O6. The number of carbonyl (C=O) groups is 2. The lowest BCUT2D eigenvalue weighted by Gasteiger charge is -2.50. The molecule has 216 valence electrons. The molecule has 0 radical (unpaired) electrons. The molecule has 39 heavy (non-hydrogen) atoms. The average molecular weight is 568 g/mol. The summed E-state index contributed by atoms with van der Waals surface area (Å²) in [6.07, 6.45) is -1.32. The fraction of sp³-hybridized carbons (Fsp3) is 0.522. The molecule has 0 amide bonds. The first-order chi connectivity index (χ1) is 18.2. The van der Waals surface area contributed by atoms with Crippen molar-refractivity contribution in [2.45, 2.75) is 44.3 Å². The zero-order chi connectivity index (χ0) is 29.1.